The fourth-order valence-corrected chi connectivity index (χ4v) is 2.60. The highest BCUT2D eigenvalue weighted by Crippen LogP contribution is 2.24. The maximum Gasteiger partial charge on any atom is 0.321 e. The average molecular weight is 292 g/mol. The molecule has 0 saturated carbocycles. The van der Waals surface area contributed by atoms with Crippen LogP contribution in [0, 0.1) is 0 Å². The van der Waals surface area contributed by atoms with Gasteiger partial charge in [0.05, 0.1) is 0 Å². The highest BCUT2D eigenvalue weighted by atomic mass is 32.1. The van der Waals surface area contributed by atoms with Crippen molar-refractivity contribution in [2.45, 2.75) is 12.8 Å². The van der Waals surface area contributed by atoms with Crippen LogP contribution in [0.15, 0.2) is 29.6 Å². The lowest BCUT2D eigenvalue weighted by atomic mass is 10.2. The van der Waals surface area contributed by atoms with Crippen LogP contribution in [0.25, 0.3) is 10.1 Å². The molecule has 0 fully saturated rings. The maximum atomic E-state index is 11.9. The molecule has 106 valence electrons. The van der Waals surface area contributed by atoms with Gasteiger partial charge in [-0.05, 0) is 41.5 Å². The molecule has 0 aliphatic rings. The standard InChI is InChI=1S/C14H16N2O3S/c1-16(7-2-3-13(17)18)14(19)15-11-4-5-12-10(9-11)6-8-20-12/h4-6,8-9H,2-3,7H2,1H3,(H,15,19)(H,17,18). The van der Waals surface area contributed by atoms with Crippen LogP contribution >= 0.6 is 11.3 Å². The van der Waals surface area contributed by atoms with Gasteiger partial charge in [-0.3, -0.25) is 4.79 Å². The van der Waals surface area contributed by atoms with Crippen LogP contribution in [0.4, 0.5) is 10.5 Å². The van der Waals surface area contributed by atoms with Gasteiger partial charge in [-0.15, -0.1) is 11.3 Å². The van der Waals surface area contributed by atoms with Gasteiger partial charge >= 0.3 is 12.0 Å². The molecule has 0 unspecified atom stereocenters. The van der Waals surface area contributed by atoms with Crippen molar-refractivity contribution in [3.63, 3.8) is 0 Å². The quantitative estimate of drug-likeness (QED) is 0.889. The zero-order valence-electron chi connectivity index (χ0n) is 11.1. The van der Waals surface area contributed by atoms with Gasteiger partial charge in [-0.2, -0.15) is 0 Å². The molecule has 1 aromatic carbocycles. The predicted octanol–water partition coefficient (Wildman–Crippen LogP) is 3.23. The van der Waals surface area contributed by atoms with E-state index in [2.05, 4.69) is 5.32 Å². The number of carboxylic acids is 1. The van der Waals surface area contributed by atoms with E-state index in [0.29, 0.717) is 13.0 Å². The van der Waals surface area contributed by atoms with Gasteiger partial charge in [-0.25, -0.2) is 4.79 Å². The number of benzene rings is 1. The highest BCUT2D eigenvalue weighted by molar-refractivity contribution is 7.17. The number of nitrogens with zero attached hydrogens (tertiary/aromatic N) is 1. The number of urea groups is 1. The molecule has 0 atom stereocenters. The average Bonchev–Trinajstić information content (AvgIpc) is 2.85. The molecule has 0 saturated heterocycles. The number of carbonyl (C=O) groups excluding carboxylic acids is 1. The van der Waals surface area contributed by atoms with Crippen molar-refractivity contribution in [2.75, 3.05) is 18.9 Å². The number of amides is 2. The van der Waals surface area contributed by atoms with Crippen LogP contribution in [0.3, 0.4) is 0 Å². The lowest BCUT2D eigenvalue weighted by Gasteiger charge is -2.17. The number of aliphatic carboxylic acids is 1. The van der Waals surface area contributed by atoms with Crippen LogP contribution in [-0.4, -0.2) is 35.6 Å². The molecule has 1 heterocycles. The van der Waals surface area contributed by atoms with Crippen molar-refractivity contribution in [3.05, 3.63) is 29.6 Å². The third kappa shape index (κ3) is 3.71. The monoisotopic (exact) mass is 292 g/mol. The zero-order valence-corrected chi connectivity index (χ0v) is 11.9. The molecule has 5 nitrogen and oxygen atoms in total. The van der Waals surface area contributed by atoms with Crippen molar-refractivity contribution < 1.29 is 14.7 Å². The normalized spacial score (nSPS) is 10.4. The SMILES string of the molecule is CN(CCCC(=O)O)C(=O)Nc1ccc2sccc2c1. The fourth-order valence-electron chi connectivity index (χ4n) is 1.83. The molecule has 1 aromatic heterocycles. The van der Waals surface area contributed by atoms with E-state index in [4.69, 9.17) is 5.11 Å². The summed E-state index contributed by atoms with van der Waals surface area (Å²) in [6.07, 6.45) is 0.515. The molecule has 2 rings (SSSR count). The Morgan fingerprint density at radius 2 is 2.15 bits per heavy atom. The summed E-state index contributed by atoms with van der Waals surface area (Å²) in [7, 11) is 1.65. The van der Waals surface area contributed by atoms with Gasteiger partial charge in [0, 0.05) is 30.4 Å². The second kappa shape index (κ2) is 6.38. The summed E-state index contributed by atoms with van der Waals surface area (Å²) in [5, 5.41) is 14.5. The van der Waals surface area contributed by atoms with Gasteiger partial charge in [0.15, 0.2) is 0 Å². The number of nitrogens with one attached hydrogen (secondary N) is 1. The van der Waals surface area contributed by atoms with Crippen LogP contribution < -0.4 is 5.32 Å². The first kappa shape index (κ1) is 14.3. The largest absolute Gasteiger partial charge is 0.481 e. The lowest BCUT2D eigenvalue weighted by molar-refractivity contribution is -0.137. The lowest BCUT2D eigenvalue weighted by Crippen LogP contribution is -2.32. The van der Waals surface area contributed by atoms with Crippen molar-refractivity contribution in [1.29, 1.82) is 0 Å². The summed E-state index contributed by atoms with van der Waals surface area (Å²) in [6.45, 7) is 0.416. The third-order valence-electron chi connectivity index (χ3n) is 2.93. The van der Waals surface area contributed by atoms with E-state index < -0.39 is 5.97 Å². The number of hydrogen-bond donors (Lipinski definition) is 2. The van der Waals surface area contributed by atoms with Gasteiger partial charge in [0.2, 0.25) is 0 Å². The Morgan fingerprint density at radius 3 is 2.90 bits per heavy atom. The number of thiophene rings is 1. The minimum Gasteiger partial charge on any atom is -0.481 e. The molecule has 2 amide bonds. The van der Waals surface area contributed by atoms with E-state index in [9.17, 15) is 9.59 Å². The van der Waals surface area contributed by atoms with E-state index in [1.807, 2.05) is 29.6 Å². The summed E-state index contributed by atoms with van der Waals surface area (Å²) in [4.78, 5) is 23.8. The fraction of sp³-hybridized carbons (Fsp3) is 0.286. The number of anilines is 1. The van der Waals surface area contributed by atoms with E-state index in [-0.39, 0.29) is 12.5 Å². The molecule has 0 bridgehead atoms. The summed E-state index contributed by atoms with van der Waals surface area (Å²) in [6, 6.07) is 7.54. The molecule has 0 aliphatic carbocycles. The first-order chi connectivity index (χ1) is 9.56. The molecule has 0 aliphatic heterocycles. The first-order valence-corrected chi connectivity index (χ1v) is 7.15. The van der Waals surface area contributed by atoms with Crippen molar-refractivity contribution in [1.82, 2.24) is 4.90 Å². The van der Waals surface area contributed by atoms with Gasteiger partial charge in [0.25, 0.3) is 0 Å². The molecule has 6 heteroatoms. The topological polar surface area (TPSA) is 69.6 Å². The van der Waals surface area contributed by atoms with Crippen molar-refractivity contribution >= 4 is 39.1 Å². The summed E-state index contributed by atoms with van der Waals surface area (Å²) >= 11 is 1.66. The Kier molecular flexibility index (Phi) is 4.57. The predicted molar refractivity (Wildman–Crippen MR) is 80.3 cm³/mol. The summed E-state index contributed by atoms with van der Waals surface area (Å²) < 4.78 is 1.18. The second-order valence-corrected chi connectivity index (χ2v) is 5.47. The van der Waals surface area contributed by atoms with Crippen LogP contribution in [-0.2, 0) is 4.79 Å². The van der Waals surface area contributed by atoms with E-state index in [1.165, 1.54) is 9.60 Å². The second-order valence-electron chi connectivity index (χ2n) is 4.52. The highest BCUT2D eigenvalue weighted by Gasteiger charge is 2.09. The van der Waals surface area contributed by atoms with Crippen LogP contribution in [0.5, 0.6) is 0 Å². The number of carboxylic acid groups (broad SMARTS) is 1. The van der Waals surface area contributed by atoms with E-state index in [1.54, 1.807) is 18.4 Å². The molecular weight excluding hydrogens is 276 g/mol. The maximum absolute atomic E-state index is 11.9. The zero-order chi connectivity index (χ0) is 14.5. The number of fused-ring (bicyclic) bond motifs is 1. The number of hydrogen-bond acceptors (Lipinski definition) is 3. The minimum atomic E-state index is -0.846. The van der Waals surface area contributed by atoms with E-state index in [0.717, 1.165) is 11.1 Å². The smallest absolute Gasteiger partial charge is 0.321 e. The molecule has 2 N–H and O–H groups in total. The van der Waals surface area contributed by atoms with Gasteiger partial charge in [0.1, 0.15) is 0 Å². The van der Waals surface area contributed by atoms with E-state index >= 15 is 0 Å². The number of carbonyl (C=O) groups is 2. The van der Waals surface area contributed by atoms with Gasteiger partial charge < -0.3 is 15.3 Å². The molecule has 2 aromatic rings. The molecular formula is C14H16N2O3S. The Hall–Kier alpha value is -2.08. The Morgan fingerprint density at radius 1 is 1.35 bits per heavy atom. The first-order valence-electron chi connectivity index (χ1n) is 6.27. The molecule has 20 heavy (non-hydrogen) atoms. The Bertz CT molecular complexity index is 624. The van der Waals surface area contributed by atoms with Crippen LogP contribution in [0.1, 0.15) is 12.8 Å². The molecule has 0 spiro atoms. The summed E-state index contributed by atoms with van der Waals surface area (Å²) in [5.74, 6) is -0.846. The minimum absolute atomic E-state index is 0.0679. The molecule has 0 radical (unpaired) electrons. The third-order valence-corrected chi connectivity index (χ3v) is 3.83. The Balaban J connectivity index is 1.91. The summed E-state index contributed by atoms with van der Waals surface area (Å²) in [5.41, 5.74) is 0.742. The van der Waals surface area contributed by atoms with Crippen molar-refractivity contribution in [3.8, 4) is 0 Å². The Labute approximate surface area is 120 Å². The van der Waals surface area contributed by atoms with Gasteiger partial charge in [-0.1, -0.05) is 0 Å². The number of rotatable bonds is 5. The van der Waals surface area contributed by atoms with Crippen molar-refractivity contribution in [2.24, 2.45) is 0 Å². The van der Waals surface area contributed by atoms with Crippen LogP contribution in [0.2, 0.25) is 0 Å².